The summed E-state index contributed by atoms with van der Waals surface area (Å²) in [5.41, 5.74) is -0.0180. The number of halogens is 2. The third-order valence-electron chi connectivity index (χ3n) is 3.12. The average Bonchev–Trinajstić information content (AvgIpc) is 2.72. The normalized spacial score (nSPS) is 10.2. The number of esters is 4. The van der Waals surface area contributed by atoms with Crippen LogP contribution in [0.5, 0.6) is 11.5 Å². The molecule has 0 spiro atoms. The fourth-order valence-electron chi connectivity index (χ4n) is 1.90. The maximum atomic E-state index is 11.9. The Bertz CT molecular complexity index is 863. The van der Waals surface area contributed by atoms with Crippen molar-refractivity contribution < 1.29 is 36.3 Å². The van der Waals surface area contributed by atoms with E-state index < -0.39 is 23.9 Å². The number of benzene rings is 2. The standard InChI is InChI=1S/C18H10Br2O8/c19-27-13-7-3-1-5-11(13)17(23)25-15(21)9-10-16(22)26-18(24)12-6-2-4-8-14(12)28-20/h1-10H. The van der Waals surface area contributed by atoms with Crippen LogP contribution in [0.1, 0.15) is 20.7 Å². The molecule has 0 fully saturated rings. The summed E-state index contributed by atoms with van der Waals surface area (Å²) >= 11 is 5.47. The Hall–Kier alpha value is -2.98. The fourth-order valence-corrected chi connectivity index (χ4v) is 2.47. The minimum Gasteiger partial charge on any atom is -0.417 e. The van der Waals surface area contributed by atoms with Gasteiger partial charge in [0.2, 0.25) is 0 Å². The summed E-state index contributed by atoms with van der Waals surface area (Å²) in [4.78, 5) is 47.3. The van der Waals surface area contributed by atoms with Crippen molar-refractivity contribution in [1.29, 1.82) is 0 Å². The second-order valence-electron chi connectivity index (χ2n) is 4.90. The molecule has 0 aromatic heterocycles. The molecule has 0 amide bonds. The Labute approximate surface area is 175 Å². The van der Waals surface area contributed by atoms with Crippen LogP contribution in [-0.4, -0.2) is 23.9 Å². The summed E-state index contributed by atoms with van der Waals surface area (Å²) in [6.07, 6.45) is 1.30. The maximum absolute atomic E-state index is 11.9. The van der Waals surface area contributed by atoms with E-state index in [2.05, 4.69) is 42.0 Å². The molecule has 0 unspecified atom stereocenters. The molecule has 0 N–H and O–H groups in total. The van der Waals surface area contributed by atoms with Crippen LogP contribution in [-0.2, 0) is 19.1 Å². The summed E-state index contributed by atoms with van der Waals surface area (Å²) in [6, 6.07) is 12.0. The van der Waals surface area contributed by atoms with Crippen molar-refractivity contribution in [2.75, 3.05) is 0 Å². The fraction of sp³-hybridized carbons (Fsp3) is 0. The van der Waals surface area contributed by atoms with Crippen molar-refractivity contribution >= 4 is 56.4 Å². The van der Waals surface area contributed by atoms with Gasteiger partial charge in [-0.15, -0.1) is 0 Å². The van der Waals surface area contributed by atoms with Gasteiger partial charge >= 0.3 is 23.9 Å². The lowest BCUT2D eigenvalue weighted by atomic mass is 10.2. The molecule has 8 nitrogen and oxygen atoms in total. The number of rotatable bonds is 6. The molecule has 2 aromatic carbocycles. The van der Waals surface area contributed by atoms with Crippen molar-refractivity contribution in [2.45, 2.75) is 0 Å². The van der Waals surface area contributed by atoms with Crippen LogP contribution in [0.15, 0.2) is 60.7 Å². The molecule has 2 rings (SSSR count). The van der Waals surface area contributed by atoms with E-state index in [1.165, 1.54) is 24.3 Å². The number of carbonyl (C=O) groups excluding carboxylic acids is 4. The Morgan fingerprint density at radius 1 is 0.643 bits per heavy atom. The van der Waals surface area contributed by atoms with Gasteiger partial charge in [0.25, 0.3) is 0 Å². The Kier molecular flexibility index (Phi) is 7.90. The van der Waals surface area contributed by atoms with E-state index in [0.717, 1.165) is 0 Å². The molecule has 0 aliphatic carbocycles. The molecule has 0 bridgehead atoms. The minimum atomic E-state index is -1.14. The Balaban J connectivity index is 1.95. The van der Waals surface area contributed by atoms with E-state index in [1.807, 2.05) is 0 Å². The predicted molar refractivity (Wildman–Crippen MR) is 102 cm³/mol. The highest BCUT2D eigenvalue weighted by atomic mass is 79.9. The van der Waals surface area contributed by atoms with Crippen LogP contribution < -0.4 is 7.66 Å². The third kappa shape index (κ3) is 5.76. The zero-order valence-electron chi connectivity index (χ0n) is 13.8. The smallest absolute Gasteiger partial charge is 0.349 e. The monoisotopic (exact) mass is 512 g/mol. The van der Waals surface area contributed by atoms with E-state index in [-0.39, 0.29) is 22.6 Å². The topological polar surface area (TPSA) is 105 Å². The number of hydrogen-bond acceptors (Lipinski definition) is 8. The van der Waals surface area contributed by atoms with Gasteiger partial charge in [-0.25, -0.2) is 19.2 Å². The summed E-state index contributed by atoms with van der Waals surface area (Å²) in [6.45, 7) is 0. The first-order chi connectivity index (χ1) is 13.5. The van der Waals surface area contributed by atoms with E-state index in [1.54, 1.807) is 24.3 Å². The largest absolute Gasteiger partial charge is 0.417 e. The molecule has 0 saturated carbocycles. The number of ether oxygens (including phenoxy) is 2. The lowest BCUT2D eigenvalue weighted by Gasteiger charge is -2.05. The molecule has 0 aliphatic rings. The molecule has 0 heterocycles. The highest BCUT2D eigenvalue weighted by Gasteiger charge is 2.18. The van der Waals surface area contributed by atoms with E-state index in [0.29, 0.717) is 12.2 Å². The first kappa shape index (κ1) is 21.3. The van der Waals surface area contributed by atoms with Crippen LogP contribution in [0.25, 0.3) is 0 Å². The zero-order chi connectivity index (χ0) is 20.5. The van der Waals surface area contributed by atoms with Gasteiger partial charge < -0.3 is 17.1 Å². The van der Waals surface area contributed by atoms with Gasteiger partial charge in [-0.1, -0.05) is 24.3 Å². The third-order valence-corrected chi connectivity index (χ3v) is 3.82. The second kappa shape index (κ2) is 10.4. The molecule has 0 aliphatic heterocycles. The molecule has 144 valence electrons. The average molecular weight is 514 g/mol. The van der Waals surface area contributed by atoms with Gasteiger partial charge in [-0.3, -0.25) is 0 Å². The molecular formula is C18H10Br2O8. The molecule has 28 heavy (non-hydrogen) atoms. The van der Waals surface area contributed by atoms with Crippen molar-refractivity contribution in [3.05, 3.63) is 71.8 Å². The highest BCUT2D eigenvalue weighted by Crippen LogP contribution is 2.21. The molecule has 2 aromatic rings. The van der Waals surface area contributed by atoms with E-state index in [9.17, 15) is 19.2 Å². The predicted octanol–water partition coefficient (Wildman–Crippen LogP) is 3.69. The number of para-hydroxylation sites is 2. The molecule has 0 radical (unpaired) electrons. The quantitative estimate of drug-likeness (QED) is 0.327. The van der Waals surface area contributed by atoms with E-state index in [4.69, 9.17) is 7.66 Å². The summed E-state index contributed by atoms with van der Waals surface area (Å²) in [5, 5.41) is 0. The van der Waals surface area contributed by atoms with Crippen LogP contribution in [0.2, 0.25) is 0 Å². The lowest BCUT2D eigenvalue weighted by Crippen LogP contribution is -2.13. The Morgan fingerprint density at radius 3 is 1.36 bits per heavy atom. The van der Waals surface area contributed by atoms with Crippen molar-refractivity contribution in [3.8, 4) is 11.5 Å². The lowest BCUT2D eigenvalue weighted by molar-refractivity contribution is -0.135. The zero-order valence-corrected chi connectivity index (χ0v) is 17.0. The van der Waals surface area contributed by atoms with Crippen LogP contribution in [0.4, 0.5) is 0 Å². The SMILES string of the molecule is O=C(C=CC(=O)OC(=O)c1ccccc1OBr)OC(=O)c1ccccc1OBr. The first-order valence-electron chi connectivity index (χ1n) is 7.42. The summed E-state index contributed by atoms with van der Waals surface area (Å²) in [7, 11) is 0. The summed E-state index contributed by atoms with van der Waals surface area (Å²) < 4.78 is 18.8. The Morgan fingerprint density at radius 2 is 1.00 bits per heavy atom. The van der Waals surface area contributed by atoms with Gasteiger partial charge in [0, 0.05) is 12.2 Å². The number of carbonyl (C=O) groups is 4. The molecular weight excluding hydrogens is 504 g/mol. The first-order valence-corrected chi connectivity index (χ1v) is 8.71. The second-order valence-corrected chi connectivity index (χ2v) is 5.54. The van der Waals surface area contributed by atoms with Gasteiger partial charge in [-0.05, 0) is 24.3 Å². The van der Waals surface area contributed by atoms with Crippen LogP contribution >= 0.6 is 32.5 Å². The maximum Gasteiger partial charge on any atom is 0.349 e. The van der Waals surface area contributed by atoms with Gasteiger partial charge in [0.15, 0.2) is 44.0 Å². The van der Waals surface area contributed by atoms with Crippen LogP contribution in [0, 0.1) is 0 Å². The van der Waals surface area contributed by atoms with E-state index >= 15 is 0 Å². The molecule has 0 atom stereocenters. The van der Waals surface area contributed by atoms with Gasteiger partial charge in [-0.2, -0.15) is 0 Å². The summed E-state index contributed by atoms with van der Waals surface area (Å²) in [5.74, 6) is -3.97. The number of hydrogen-bond donors (Lipinski definition) is 0. The van der Waals surface area contributed by atoms with Crippen molar-refractivity contribution in [3.63, 3.8) is 0 Å². The highest BCUT2D eigenvalue weighted by molar-refractivity contribution is 9.06. The van der Waals surface area contributed by atoms with Gasteiger partial charge in [0.05, 0.1) is 0 Å². The van der Waals surface area contributed by atoms with Crippen LogP contribution in [0.3, 0.4) is 0 Å². The molecule has 0 saturated heterocycles. The van der Waals surface area contributed by atoms with Crippen molar-refractivity contribution in [1.82, 2.24) is 0 Å². The minimum absolute atomic E-state index is 0.00902. The van der Waals surface area contributed by atoms with Gasteiger partial charge in [0.1, 0.15) is 11.1 Å². The van der Waals surface area contributed by atoms with Crippen molar-refractivity contribution in [2.24, 2.45) is 0 Å². The molecule has 10 heteroatoms.